The van der Waals surface area contributed by atoms with Gasteiger partial charge in [0.15, 0.2) is 0 Å². The van der Waals surface area contributed by atoms with Crippen LogP contribution in [0.3, 0.4) is 0 Å². The summed E-state index contributed by atoms with van der Waals surface area (Å²) < 4.78 is 36.7. The largest absolute Gasteiger partial charge is 0.405 e. The number of halogens is 3. The molecule has 0 bridgehead atoms. The van der Waals surface area contributed by atoms with E-state index in [4.69, 9.17) is 0 Å². The van der Waals surface area contributed by atoms with Gasteiger partial charge in [0.1, 0.15) is 6.54 Å². The average molecular weight is 385 g/mol. The number of carbonyl (C=O) groups is 3. The van der Waals surface area contributed by atoms with Crippen LogP contribution in [0.25, 0.3) is 0 Å². The molecule has 0 radical (unpaired) electrons. The van der Waals surface area contributed by atoms with Crippen LogP contribution in [0.15, 0.2) is 24.3 Å². The predicted octanol–water partition coefficient (Wildman–Crippen LogP) is 2.61. The Morgan fingerprint density at radius 2 is 1.70 bits per heavy atom. The van der Waals surface area contributed by atoms with E-state index >= 15 is 0 Å². The molecule has 1 aromatic rings. The lowest BCUT2D eigenvalue weighted by atomic mass is 10.1. The molecule has 27 heavy (non-hydrogen) atoms. The molecule has 0 saturated heterocycles. The zero-order chi connectivity index (χ0) is 19.9. The van der Waals surface area contributed by atoms with Crippen LogP contribution in [0.1, 0.15) is 42.5 Å². The number of rotatable bonds is 7. The van der Waals surface area contributed by atoms with Crippen molar-refractivity contribution in [2.75, 3.05) is 18.4 Å². The van der Waals surface area contributed by atoms with Gasteiger partial charge in [0, 0.05) is 18.9 Å². The molecule has 3 N–H and O–H groups in total. The van der Waals surface area contributed by atoms with Crippen LogP contribution in [-0.4, -0.2) is 37.0 Å². The van der Waals surface area contributed by atoms with Crippen molar-refractivity contribution in [2.24, 2.45) is 5.92 Å². The highest BCUT2D eigenvalue weighted by molar-refractivity contribution is 6.03. The normalized spacial score (nSPS) is 14.6. The Balaban J connectivity index is 1.84. The number of para-hydroxylation sites is 1. The first-order chi connectivity index (χ1) is 12.8. The van der Waals surface area contributed by atoms with Crippen LogP contribution in [0.5, 0.6) is 0 Å². The maximum atomic E-state index is 12.2. The Kier molecular flexibility index (Phi) is 7.20. The van der Waals surface area contributed by atoms with E-state index in [-0.39, 0.29) is 36.0 Å². The summed E-state index contributed by atoms with van der Waals surface area (Å²) in [5.41, 5.74) is 0.0504. The second kappa shape index (κ2) is 9.38. The van der Waals surface area contributed by atoms with Crippen LogP contribution in [0.2, 0.25) is 0 Å². The SMILES string of the molecule is O=C(CCNC(=O)C1CCCC1)Nc1ccccc1C(=O)NCC(F)(F)F. The van der Waals surface area contributed by atoms with E-state index in [1.165, 1.54) is 18.2 Å². The summed E-state index contributed by atoms with van der Waals surface area (Å²) in [4.78, 5) is 35.9. The molecule has 0 spiro atoms. The zero-order valence-electron chi connectivity index (χ0n) is 14.7. The zero-order valence-corrected chi connectivity index (χ0v) is 14.7. The van der Waals surface area contributed by atoms with E-state index < -0.39 is 24.5 Å². The molecule has 1 saturated carbocycles. The first-order valence-electron chi connectivity index (χ1n) is 8.78. The fraction of sp³-hybridized carbons (Fsp3) is 0.500. The molecular weight excluding hydrogens is 363 g/mol. The second-order valence-electron chi connectivity index (χ2n) is 6.41. The van der Waals surface area contributed by atoms with Gasteiger partial charge in [0.25, 0.3) is 5.91 Å². The van der Waals surface area contributed by atoms with Gasteiger partial charge in [-0.3, -0.25) is 14.4 Å². The average Bonchev–Trinajstić information content (AvgIpc) is 3.14. The van der Waals surface area contributed by atoms with Crippen molar-refractivity contribution in [2.45, 2.75) is 38.3 Å². The lowest BCUT2D eigenvalue weighted by Gasteiger charge is -2.13. The fourth-order valence-corrected chi connectivity index (χ4v) is 2.91. The van der Waals surface area contributed by atoms with Crippen LogP contribution in [0.4, 0.5) is 18.9 Å². The molecule has 1 aliphatic rings. The Hall–Kier alpha value is -2.58. The molecule has 9 heteroatoms. The van der Waals surface area contributed by atoms with Crippen molar-refractivity contribution < 1.29 is 27.6 Å². The van der Waals surface area contributed by atoms with Crippen molar-refractivity contribution in [3.63, 3.8) is 0 Å². The van der Waals surface area contributed by atoms with Crippen molar-refractivity contribution in [3.8, 4) is 0 Å². The maximum Gasteiger partial charge on any atom is 0.405 e. The molecule has 1 aliphatic carbocycles. The first kappa shape index (κ1) is 20.7. The third kappa shape index (κ3) is 6.92. The lowest BCUT2D eigenvalue weighted by molar-refractivity contribution is -0.125. The molecule has 6 nitrogen and oxygen atoms in total. The highest BCUT2D eigenvalue weighted by Gasteiger charge is 2.28. The van der Waals surface area contributed by atoms with Gasteiger partial charge in [0.05, 0.1) is 11.3 Å². The van der Waals surface area contributed by atoms with Crippen LogP contribution in [-0.2, 0) is 9.59 Å². The summed E-state index contributed by atoms with van der Waals surface area (Å²) in [5, 5.41) is 6.98. The minimum absolute atomic E-state index is 0.00301. The van der Waals surface area contributed by atoms with Crippen molar-refractivity contribution >= 4 is 23.4 Å². The van der Waals surface area contributed by atoms with E-state index in [9.17, 15) is 27.6 Å². The molecular formula is C18H22F3N3O3. The molecule has 0 unspecified atom stereocenters. The summed E-state index contributed by atoms with van der Waals surface area (Å²) in [7, 11) is 0. The molecule has 0 aliphatic heterocycles. The number of alkyl halides is 3. The highest BCUT2D eigenvalue weighted by Crippen LogP contribution is 2.24. The molecule has 1 fully saturated rings. The molecule has 0 aromatic heterocycles. The molecule has 1 aromatic carbocycles. The Bertz CT molecular complexity index is 686. The molecule has 0 heterocycles. The fourth-order valence-electron chi connectivity index (χ4n) is 2.91. The minimum atomic E-state index is -4.52. The van der Waals surface area contributed by atoms with Gasteiger partial charge in [-0.1, -0.05) is 25.0 Å². The monoisotopic (exact) mass is 385 g/mol. The summed E-state index contributed by atoms with van der Waals surface area (Å²) in [6.07, 6.45) is -0.739. The van der Waals surface area contributed by atoms with E-state index in [1.807, 2.05) is 0 Å². The maximum absolute atomic E-state index is 12.2. The standard InChI is InChI=1S/C18H22F3N3O3/c19-18(20,21)11-23-17(27)13-7-3-4-8-14(13)24-15(25)9-10-22-16(26)12-5-1-2-6-12/h3-4,7-8,12H,1-2,5-6,9-11H2,(H,22,26)(H,23,27)(H,24,25). The van der Waals surface area contributed by atoms with Gasteiger partial charge in [0.2, 0.25) is 11.8 Å². The summed E-state index contributed by atoms with van der Waals surface area (Å²) >= 11 is 0. The Labute approximate surface area is 154 Å². The topological polar surface area (TPSA) is 87.3 Å². The predicted molar refractivity (Wildman–Crippen MR) is 93.0 cm³/mol. The number of benzene rings is 1. The van der Waals surface area contributed by atoms with Crippen molar-refractivity contribution in [1.82, 2.24) is 10.6 Å². The second-order valence-corrected chi connectivity index (χ2v) is 6.41. The number of nitrogens with one attached hydrogen (secondary N) is 3. The van der Waals surface area contributed by atoms with E-state index in [2.05, 4.69) is 10.6 Å². The summed E-state index contributed by atoms with van der Waals surface area (Å²) in [6, 6.07) is 5.79. The summed E-state index contributed by atoms with van der Waals surface area (Å²) in [5.74, 6) is -1.44. The Morgan fingerprint density at radius 3 is 2.37 bits per heavy atom. The van der Waals surface area contributed by atoms with Crippen LogP contribution < -0.4 is 16.0 Å². The minimum Gasteiger partial charge on any atom is -0.355 e. The number of anilines is 1. The number of hydrogen-bond acceptors (Lipinski definition) is 3. The highest BCUT2D eigenvalue weighted by atomic mass is 19.4. The van der Waals surface area contributed by atoms with E-state index in [1.54, 1.807) is 11.4 Å². The molecule has 148 valence electrons. The smallest absolute Gasteiger partial charge is 0.355 e. The first-order valence-corrected chi connectivity index (χ1v) is 8.78. The summed E-state index contributed by atoms with van der Waals surface area (Å²) in [6.45, 7) is -1.30. The number of amides is 3. The van der Waals surface area contributed by atoms with E-state index in [0.29, 0.717) is 0 Å². The van der Waals surface area contributed by atoms with Gasteiger partial charge in [-0.2, -0.15) is 13.2 Å². The molecule has 2 rings (SSSR count). The van der Waals surface area contributed by atoms with Gasteiger partial charge in [-0.05, 0) is 25.0 Å². The number of hydrogen-bond donors (Lipinski definition) is 3. The third-order valence-electron chi connectivity index (χ3n) is 4.27. The van der Waals surface area contributed by atoms with Gasteiger partial charge in [-0.25, -0.2) is 0 Å². The molecule has 0 atom stereocenters. The van der Waals surface area contributed by atoms with E-state index in [0.717, 1.165) is 25.7 Å². The quantitative estimate of drug-likeness (QED) is 0.674. The molecule has 3 amide bonds. The van der Waals surface area contributed by atoms with Gasteiger partial charge < -0.3 is 16.0 Å². The van der Waals surface area contributed by atoms with Crippen LogP contribution >= 0.6 is 0 Å². The van der Waals surface area contributed by atoms with Gasteiger partial charge in [-0.15, -0.1) is 0 Å². The third-order valence-corrected chi connectivity index (χ3v) is 4.27. The number of carbonyl (C=O) groups excluding carboxylic acids is 3. The Morgan fingerprint density at radius 1 is 1.04 bits per heavy atom. The van der Waals surface area contributed by atoms with Gasteiger partial charge >= 0.3 is 6.18 Å². The van der Waals surface area contributed by atoms with Crippen molar-refractivity contribution in [3.05, 3.63) is 29.8 Å². The van der Waals surface area contributed by atoms with Crippen LogP contribution in [0, 0.1) is 5.92 Å². The van der Waals surface area contributed by atoms with Crippen molar-refractivity contribution in [1.29, 1.82) is 0 Å². The lowest BCUT2D eigenvalue weighted by Crippen LogP contribution is -2.34.